The van der Waals surface area contributed by atoms with Crippen molar-refractivity contribution in [1.82, 2.24) is 23.8 Å². The third-order valence-electron chi connectivity index (χ3n) is 6.04. The zero-order valence-electron chi connectivity index (χ0n) is 17.1. The van der Waals surface area contributed by atoms with E-state index in [9.17, 15) is 13.7 Å². The summed E-state index contributed by atoms with van der Waals surface area (Å²) in [6.45, 7) is 2.45. The topological polar surface area (TPSA) is 108 Å². The maximum Gasteiger partial charge on any atom is 0.214 e. The summed E-state index contributed by atoms with van der Waals surface area (Å²) in [5.41, 5.74) is 2.87. The fourth-order valence-corrected chi connectivity index (χ4v) is 6.19. The van der Waals surface area contributed by atoms with Gasteiger partial charge in [0.1, 0.15) is 12.0 Å². The number of benzene rings is 1. The van der Waals surface area contributed by atoms with E-state index in [1.54, 1.807) is 0 Å². The Balaban J connectivity index is 1.66. The van der Waals surface area contributed by atoms with Crippen LogP contribution in [0.3, 0.4) is 0 Å². The maximum atomic E-state index is 12.6. The third kappa shape index (κ3) is 3.02. The molecule has 1 aliphatic rings. The number of fused-ring (bicyclic) bond motifs is 2. The summed E-state index contributed by atoms with van der Waals surface area (Å²) >= 11 is 0. The highest BCUT2D eigenvalue weighted by Gasteiger charge is 2.49. The Morgan fingerprint density at radius 2 is 2.00 bits per heavy atom. The number of nitriles is 1. The van der Waals surface area contributed by atoms with E-state index in [1.807, 2.05) is 49.6 Å². The second kappa shape index (κ2) is 7.18. The first-order chi connectivity index (χ1) is 15.0. The minimum atomic E-state index is -3.31. The lowest BCUT2D eigenvalue weighted by molar-refractivity contribution is 0.0892. The smallest absolute Gasteiger partial charge is 0.214 e. The molecular weight excluding hydrogens is 412 g/mol. The van der Waals surface area contributed by atoms with Crippen molar-refractivity contribution in [1.29, 1.82) is 5.26 Å². The molecule has 1 N–H and O–H groups in total. The molecule has 0 aliphatic carbocycles. The number of nitrogens with zero attached hydrogens (tertiary/aromatic N) is 5. The van der Waals surface area contributed by atoms with Crippen LogP contribution in [-0.2, 0) is 15.6 Å². The zero-order valence-corrected chi connectivity index (χ0v) is 17.9. The Hall–Kier alpha value is -3.22. The summed E-state index contributed by atoms with van der Waals surface area (Å²) < 4.78 is 28.7. The van der Waals surface area contributed by atoms with Crippen molar-refractivity contribution in [2.45, 2.75) is 25.3 Å². The van der Waals surface area contributed by atoms with E-state index in [-0.39, 0.29) is 12.2 Å². The summed E-state index contributed by atoms with van der Waals surface area (Å²) in [6.07, 6.45) is 6.18. The average molecular weight is 435 g/mol. The number of para-hydroxylation sites is 1. The van der Waals surface area contributed by atoms with Gasteiger partial charge in [0.25, 0.3) is 0 Å². The van der Waals surface area contributed by atoms with Crippen LogP contribution >= 0.6 is 0 Å². The molecule has 0 saturated carbocycles. The Morgan fingerprint density at radius 1 is 1.19 bits per heavy atom. The van der Waals surface area contributed by atoms with Crippen molar-refractivity contribution in [2.75, 3.05) is 18.8 Å². The lowest BCUT2D eigenvalue weighted by atomic mass is 9.88. The SMILES string of the molecule is CCCS(=O)(=O)N1CC(CC#N)(n2cc(-c3ncnc4[nH]ccc34)c3ccccc32)C1. The Morgan fingerprint density at radius 3 is 2.77 bits per heavy atom. The largest absolute Gasteiger partial charge is 0.346 e. The van der Waals surface area contributed by atoms with E-state index < -0.39 is 15.6 Å². The van der Waals surface area contributed by atoms with Gasteiger partial charge in [-0.15, -0.1) is 0 Å². The Labute approximate surface area is 180 Å². The highest BCUT2D eigenvalue weighted by Crippen LogP contribution is 2.41. The van der Waals surface area contributed by atoms with E-state index in [1.165, 1.54) is 10.6 Å². The van der Waals surface area contributed by atoms with Crippen LogP contribution in [0, 0.1) is 11.3 Å². The zero-order chi connectivity index (χ0) is 21.6. The number of rotatable bonds is 6. The molecule has 1 fully saturated rings. The minimum Gasteiger partial charge on any atom is -0.346 e. The number of hydrogen-bond acceptors (Lipinski definition) is 5. The van der Waals surface area contributed by atoms with E-state index >= 15 is 0 Å². The van der Waals surface area contributed by atoms with Crippen LogP contribution in [0.4, 0.5) is 0 Å². The molecule has 0 unspecified atom stereocenters. The molecule has 158 valence electrons. The molecular formula is C22H22N6O2S. The molecule has 0 spiro atoms. The fourth-order valence-electron chi connectivity index (χ4n) is 4.54. The van der Waals surface area contributed by atoms with Crippen molar-refractivity contribution < 1.29 is 8.42 Å². The summed E-state index contributed by atoms with van der Waals surface area (Å²) in [5.74, 6) is 0.125. The summed E-state index contributed by atoms with van der Waals surface area (Å²) in [6, 6.07) is 12.2. The van der Waals surface area contributed by atoms with Gasteiger partial charge in [0.15, 0.2) is 0 Å². The number of nitrogens with one attached hydrogen (secondary N) is 1. The molecule has 1 aromatic carbocycles. The van der Waals surface area contributed by atoms with Crippen LogP contribution in [0.15, 0.2) is 49.1 Å². The van der Waals surface area contributed by atoms with Gasteiger partial charge in [-0.1, -0.05) is 25.1 Å². The van der Waals surface area contributed by atoms with Gasteiger partial charge >= 0.3 is 0 Å². The standard InChI is InChI=1S/C22H22N6O2S/c1-2-11-31(29,30)27-13-22(14-27,8-9-23)28-12-18(16-5-3-4-6-19(16)28)20-17-7-10-24-21(17)26-15-25-20/h3-7,10,12,15H,2,8,11,13-14H2,1H3,(H,24,25,26). The third-order valence-corrected chi connectivity index (χ3v) is 8.01. The lowest BCUT2D eigenvalue weighted by Crippen LogP contribution is -2.64. The second-order valence-corrected chi connectivity index (χ2v) is 10.1. The number of H-pyrrole nitrogens is 1. The first-order valence-corrected chi connectivity index (χ1v) is 11.8. The van der Waals surface area contributed by atoms with Crippen molar-refractivity contribution in [3.63, 3.8) is 0 Å². The van der Waals surface area contributed by atoms with Gasteiger partial charge in [-0.05, 0) is 18.6 Å². The lowest BCUT2D eigenvalue weighted by Gasteiger charge is -2.49. The number of aromatic amines is 1. The Bertz CT molecular complexity index is 1420. The van der Waals surface area contributed by atoms with Gasteiger partial charge in [-0.25, -0.2) is 18.4 Å². The van der Waals surface area contributed by atoms with Crippen molar-refractivity contribution in [3.8, 4) is 17.3 Å². The van der Waals surface area contributed by atoms with Crippen molar-refractivity contribution >= 4 is 32.0 Å². The van der Waals surface area contributed by atoms with Crippen molar-refractivity contribution in [3.05, 3.63) is 49.1 Å². The van der Waals surface area contributed by atoms with Crippen LogP contribution in [0.1, 0.15) is 19.8 Å². The molecule has 31 heavy (non-hydrogen) atoms. The second-order valence-electron chi connectivity index (χ2n) is 8.04. The molecule has 5 rings (SSSR count). The molecule has 1 aliphatic heterocycles. The molecule has 0 amide bonds. The molecule has 1 saturated heterocycles. The molecule has 9 heteroatoms. The van der Waals surface area contributed by atoms with Crippen LogP contribution in [-0.4, -0.2) is 51.1 Å². The molecule has 0 atom stereocenters. The maximum absolute atomic E-state index is 12.6. The molecule has 4 heterocycles. The predicted octanol–water partition coefficient (Wildman–Crippen LogP) is 3.24. The Kier molecular flexibility index (Phi) is 4.57. The van der Waals surface area contributed by atoms with Gasteiger partial charge in [0.2, 0.25) is 10.0 Å². The monoisotopic (exact) mass is 434 g/mol. The van der Waals surface area contributed by atoms with Gasteiger partial charge in [-0.2, -0.15) is 9.57 Å². The fraction of sp³-hybridized carbons (Fsp3) is 0.318. The summed E-state index contributed by atoms with van der Waals surface area (Å²) in [4.78, 5) is 11.9. The number of aromatic nitrogens is 4. The quantitative estimate of drug-likeness (QED) is 0.501. The van der Waals surface area contributed by atoms with Crippen molar-refractivity contribution in [2.24, 2.45) is 0 Å². The van der Waals surface area contributed by atoms with Gasteiger partial charge in [-0.3, -0.25) is 0 Å². The molecule has 4 aromatic rings. The highest BCUT2D eigenvalue weighted by atomic mass is 32.2. The highest BCUT2D eigenvalue weighted by molar-refractivity contribution is 7.89. The van der Waals surface area contributed by atoms with Crippen LogP contribution in [0.25, 0.3) is 33.2 Å². The van der Waals surface area contributed by atoms with Gasteiger partial charge in [0.05, 0.1) is 29.5 Å². The predicted molar refractivity (Wildman–Crippen MR) is 119 cm³/mol. The molecule has 3 aromatic heterocycles. The van der Waals surface area contributed by atoms with Gasteiger partial charge < -0.3 is 9.55 Å². The van der Waals surface area contributed by atoms with Crippen LogP contribution in [0.5, 0.6) is 0 Å². The van der Waals surface area contributed by atoms with E-state index in [2.05, 4.69) is 25.6 Å². The first kappa shape index (κ1) is 19.7. The summed E-state index contributed by atoms with van der Waals surface area (Å²) in [7, 11) is -3.31. The number of hydrogen-bond donors (Lipinski definition) is 1. The first-order valence-electron chi connectivity index (χ1n) is 10.2. The van der Waals surface area contributed by atoms with E-state index in [0.717, 1.165) is 33.2 Å². The molecule has 8 nitrogen and oxygen atoms in total. The van der Waals surface area contributed by atoms with E-state index in [4.69, 9.17) is 0 Å². The van der Waals surface area contributed by atoms with Crippen LogP contribution < -0.4 is 0 Å². The minimum absolute atomic E-state index is 0.125. The molecule has 0 bridgehead atoms. The molecule has 0 radical (unpaired) electrons. The van der Waals surface area contributed by atoms with E-state index in [0.29, 0.717) is 19.5 Å². The van der Waals surface area contributed by atoms with Crippen LogP contribution in [0.2, 0.25) is 0 Å². The number of sulfonamides is 1. The normalized spacial score (nSPS) is 16.4. The average Bonchev–Trinajstić information content (AvgIpc) is 3.35. The van der Waals surface area contributed by atoms with Gasteiger partial charge in [0, 0.05) is 47.3 Å². The summed E-state index contributed by atoms with van der Waals surface area (Å²) in [5, 5.41) is 11.5.